The Morgan fingerprint density at radius 1 is 1.07 bits per heavy atom. The van der Waals surface area contributed by atoms with E-state index in [-0.39, 0.29) is 5.75 Å². The topological polar surface area (TPSA) is 58.6 Å². The molecule has 0 bridgehead atoms. The Morgan fingerprint density at radius 3 is 2.78 bits per heavy atom. The molecule has 0 aliphatic heterocycles. The van der Waals surface area contributed by atoms with Crippen LogP contribution in [0.4, 0.5) is 5.69 Å². The quantitative estimate of drug-likeness (QED) is 0.325. The van der Waals surface area contributed by atoms with Gasteiger partial charge in [-0.3, -0.25) is 4.99 Å². The van der Waals surface area contributed by atoms with Crippen LogP contribution in [0.25, 0.3) is 22.6 Å². The highest BCUT2D eigenvalue weighted by atomic mass is 79.9. The summed E-state index contributed by atoms with van der Waals surface area (Å²) in [5, 5.41) is 10.2. The third-order valence-corrected chi connectivity index (χ3v) is 5.11. The van der Waals surface area contributed by atoms with E-state index >= 15 is 0 Å². The molecule has 4 rings (SSSR count). The Kier molecular flexibility index (Phi) is 4.85. The summed E-state index contributed by atoms with van der Waals surface area (Å²) in [5.74, 6) is 0.702. The lowest BCUT2D eigenvalue weighted by atomic mass is 10.2. The molecule has 1 aromatic heterocycles. The number of nitrogens with zero attached hydrogens (tertiary/aromatic N) is 2. The van der Waals surface area contributed by atoms with Gasteiger partial charge in [0.05, 0.1) is 10.2 Å². The van der Waals surface area contributed by atoms with Crippen molar-refractivity contribution in [1.29, 1.82) is 0 Å². The molecule has 0 amide bonds. The smallest absolute Gasteiger partial charge is 0.227 e. The zero-order valence-electron chi connectivity index (χ0n) is 14.3. The lowest BCUT2D eigenvalue weighted by Gasteiger charge is -2.03. The molecule has 6 heteroatoms. The molecule has 27 heavy (non-hydrogen) atoms. The maximum Gasteiger partial charge on any atom is 0.227 e. The van der Waals surface area contributed by atoms with E-state index in [1.807, 2.05) is 49.4 Å². The number of halogens is 2. The molecule has 3 aromatic carbocycles. The van der Waals surface area contributed by atoms with Crippen molar-refractivity contribution in [3.63, 3.8) is 0 Å². The summed E-state index contributed by atoms with van der Waals surface area (Å²) in [6.45, 7) is 2.02. The summed E-state index contributed by atoms with van der Waals surface area (Å²) < 4.78 is 7.34. The van der Waals surface area contributed by atoms with Gasteiger partial charge in [0.2, 0.25) is 5.89 Å². The highest BCUT2D eigenvalue weighted by molar-refractivity contribution is 9.11. The van der Waals surface area contributed by atoms with Crippen LogP contribution in [0.1, 0.15) is 11.1 Å². The number of aliphatic imine (C=N–C) groups is 1. The van der Waals surface area contributed by atoms with E-state index in [4.69, 9.17) is 4.42 Å². The zero-order valence-corrected chi connectivity index (χ0v) is 17.5. The van der Waals surface area contributed by atoms with Gasteiger partial charge >= 0.3 is 0 Å². The van der Waals surface area contributed by atoms with Crippen LogP contribution in [0, 0.1) is 6.92 Å². The average Bonchev–Trinajstić information content (AvgIpc) is 3.07. The predicted octanol–water partition coefficient (Wildman–Crippen LogP) is 6.78. The number of phenols is 1. The molecule has 4 nitrogen and oxygen atoms in total. The van der Waals surface area contributed by atoms with E-state index in [9.17, 15) is 5.11 Å². The number of oxazole rings is 1. The largest absolute Gasteiger partial charge is 0.506 e. The fourth-order valence-electron chi connectivity index (χ4n) is 2.70. The molecule has 4 aromatic rings. The molecule has 0 saturated heterocycles. The van der Waals surface area contributed by atoms with Crippen molar-refractivity contribution in [3.05, 3.63) is 74.7 Å². The third kappa shape index (κ3) is 3.82. The van der Waals surface area contributed by atoms with E-state index in [2.05, 4.69) is 41.8 Å². The van der Waals surface area contributed by atoms with Crippen LogP contribution in [-0.4, -0.2) is 16.3 Å². The van der Waals surface area contributed by atoms with E-state index in [1.54, 1.807) is 18.3 Å². The molecule has 0 unspecified atom stereocenters. The number of hydrogen-bond donors (Lipinski definition) is 1. The van der Waals surface area contributed by atoms with E-state index in [1.165, 1.54) is 0 Å². The van der Waals surface area contributed by atoms with Crippen molar-refractivity contribution in [2.45, 2.75) is 6.92 Å². The normalized spacial score (nSPS) is 11.5. The second-order valence-electron chi connectivity index (χ2n) is 6.12. The Labute approximate surface area is 172 Å². The van der Waals surface area contributed by atoms with Gasteiger partial charge in [-0.25, -0.2) is 4.98 Å². The Balaban J connectivity index is 1.68. The lowest BCUT2D eigenvalue weighted by Crippen LogP contribution is -1.84. The highest BCUT2D eigenvalue weighted by Gasteiger charge is 2.09. The summed E-state index contributed by atoms with van der Waals surface area (Å²) >= 11 is 6.74. The van der Waals surface area contributed by atoms with Crippen LogP contribution in [0.3, 0.4) is 0 Å². The highest BCUT2D eigenvalue weighted by Crippen LogP contribution is 2.31. The van der Waals surface area contributed by atoms with Crippen LogP contribution < -0.4 is 0 Å². The van der Waals surface area contributed by atoms with Crippen molar-refractivity contribution in [2.24, 2.45) is 4.99 Å². The molecule has 0 fully saturated rings. The minimum atomic E-state index is 0.146. The van der Waals surface area contributed by atoms with Gasteiger partial charge in [0.15, 0.2) is 5.58 Å². The zero-order chi connectivity index (χ0) is 19.0. The molecule has 1 N–H and O–H groups in total. The van der Waals surface area contributed by atoms with Gasteiger partial charge in [-0.05, 0) is 70.9 Å². The second kappa shape index (κ2) is 7.29. The number of fused-ring (bicyclic) bond motifs is 1. The fraction of sp³-hybridized carbons (Fsp3) is 0.0476. The summed E-state index contributed by atoms with van der Waals surface area (Å²) in [6.07, 6.45) is 1.62. The molecular weight excluding hydrogens is 472 g/mol. The van der Waals surface area contributed by atoms with E-state index < -0.39 is 0 Å². The van der Waals surface area contributed by atoms with Gasteiger partial charge in [-0.1, -0.05) is 28.1 Å². The number of phenolic OH excluding ortho intramolecular Hbond substituents is 1. The van der Waals surface area contributed by atoms with Crippen molar-refractivity contribution in [1.82, 2.24) is 4.98 Å². The summed E-state index contributed by atoms with van der Waals surface area (Å²) in [7, 11) is 0. The molecule has 0 saturated carbocycles. The monoisotopic (exact) mass is 484 g/mol. The first kappa shape index (κ1) is 17.9. The molecule has 0 radical (unpaired) electrons. The van der Waals surface area contributed by atoms with Crippen molar-refractivity contribution in [3.8, 4) is 17.2 Å². The molecule has 1 heterocycles. The molecule has 0 spiro atoms. The van der Waals surface area contributed by atoms with Crippen LogP contribution in [0.15, 0.2) is 73.0 Å². The number of aromatic nitrogens is 1. The number of aryl methyl sites for hydroxylation is 1. The summed E-state index contributed by atoms with van der Waals surface area (Å²) in [5.41, 5.74) is 4.92. The number of benzene rings is 3. The number of rotatable bonds is 3. The number of hydrogen-bond acceptors (Lipinski definition) is 4. The number of aromatic hydroxyl groups is 1. The minimum Gasteiger partial charge on any atom is -0.506 e. The van der Waals surface area contributed by atoms with E-state index in [0.717, 1.165) is 32.4 Å². The third-order valence-electron chi connectivity index (χ3n) is 4.05. The summed E-state index contributed by atoms with van der Waals surface area (Å²) in [6, 6.07) is 17.1. The first-order chi connectivity index (χ1) is 13.0. The molecule has 0 aliphatic rings. The minimum absolute atomic E-state index is 0.146. The van der Waals surface area contributed by atoms with E-state index in [0.29, 0.717) is 15.9 Å². The van der Waals surface area contributed by atoms with Gasteiger partial charge in [-0.2, -0.15) is 0 Å². The van der Waals surface area contributed by atoms with Crippen molar-refractivity contribution in [2.75, 3.05) is 0 Å². The standard InChI is InChI=1S/C21H14Br2N2O2/c1-12-5-6-18-19(7-12)27-21(25-18)13-3-2-4-16(9-13)24-11-14-8-15(22)10-17(23)20(14)26/h2-11,26H,1H3. The van der Waals surface area contributed by atoms with Crippen LogP contribution in [0.5, 0.6) is 5.75 Å². The lowest BCUT2D eigenvalue weighted by molar-refractivity contribution is 0.471. The predicted molar refractivity (Wildman–Crippen MR) is 115 cm³/mol. The van der Waals surface area contributed by atoms with Crippen molar-refractivity contribution >= 4 is 54.9 Å². The maximum absolute atomic E-state index is 10.2. The molecule has 134 valence electrons. The van der Waals surface area contributed by atoms with Crippen LogP contribution in [-0.2, 0) is 0 Å². The van der Waals surface area contributed by atoms with Gasteiger partial charge in [0.1, 0.15) is 11.3 Å². The molecular formula is C21H14Br2N2O2. The van der Waals surface area contributed by atoms with Gasteiger partial charge in [0.25, 0.3) is 0 Å². The van der Waals surface area contributed by atoms with Gasteiger partial charge < -0.3 is 9.52 Å². The van der Waals surface area contributed by atoms with Crippen LogP contribution in [0.2, 0.25) is 0 Å². The maximum atomic E-state index is 10.2. The first-order valence-corrected chi connectivity index (χ1v) is 9.78. The SMILES string of the molecule is Cc1ccc2nc(-c3cccc(N=Cc4cc(Br)cc(Br)c4O)c3)oc2c1. The first-order valence-electron chi connectivity index (χ1n) is 8.19. The average molecular weight is 486 g/mol. The second-order valence-corrected chi connectivity index (χ2v) is 7.89. The van der Waals surface area contributed by atoms with Gasteiger partial charge in [-0.15, -0.1) is 0 Å². The molecule has 0 aliphatic carbocycles. The Morgan fingerprint density at radius 2 is 1.93 bits per heavy atom. The fourth-order valence-corrected chi connectivity index (χ4v) is 3.96. The summed E-state index contributed by atoms with van der Waals surface area (Å²) in [4.78, 5) is 9.03. The van der Waals surface area contributed by atoms with Crippen molar-refractivity contribution < 1.29 is 9.52 Å². The Hall–Kier alpha value is -2.44. The van der Waals surface area contributed by atoms with Crippen LogP contribution >= 0.6 is 31.9 Å². The molecule has 0 atom stereocenters. The van der Waals surface area contributed by atoms with Gasteiger partial charge in [0, 0.05) is 21.8 Å². The Bertz CT molecular complexity index is 1180.